The lowest BCUT2D eigenvalue weighted by Crippen LogP contribution is -2.32. The van der Waals surface area contributed by atoms with Gasteiger partial charge in [0.15, 0.2) is 6.23 Å². The normalized spacial score (nSPS) is 22.9. The highest BCUT2D eigenvalue weighted by Gasteiger charge is 2.19. The quantitative estimate of drug-likeness (QED) is 0.507. The fourth-order valence-corrected chi connectivity index (χ4v) is 0.891. The second-order valence-corrected chi connectivity index (χ2v) is 2.44. The predicted molar refractivity (Wildman–Crippen MR) is 40.5 cm³/mol. The lowest BCUT2D eigenvalue weighted by Gasteiger charge is -2.09. The van der Waals surface area contributed by atoms with E-state index in [0.29, 0.717) is 5.70 Å². The van der Waals surface area contributed by atoms with Crippen molar-refractivity contribution in [3.63, 3.8) is 0 Å². The fraction of sp³-hybridized carbons (Fsp3) is 0.571. The van der Waals surface area contributed by atoms with Gasteiger partial charge in [-0.1, -0.05) is 6.92 Å². The summed E-state index contributed by atoms with van der Waals surface area (Å²) in [6, 6.07) is 0. The first-order valence-electron chi connectivity index (χ1n) is 3.68. The van der Waals surface area contributed by atoms with Crippen LogP contribution in [0.3, 0.4) is 0 Å². The van der Waals surface area contributed by atoms with Gasteiger partial charge in [0.05, 0.1) is 5.70 Å². The minimum Gasteiger partial charge on any atom is -0.385 e. The Labute approximate surface area is 65.3 Å². The third-order valence-electron chi connectivity index (χ3n) is 1.44. The summed E-state index contributed by atoms with van der Waals surface area (Å²) >= 11 is 0. The summed E-state index contributed by atoms with van der Waals surface area (Å²) in [6.45, 7) is 2.79. The third-order valence-corrected chi connectivity index (χ3v) is 1.44. The summed E-state index contributed by atoms with van der Waals surface area (Å²) in [6.07, 6.45) is 1.51. The van der Waals surface area contributed by atoms with E-state index in [-0.39, 0.29) is 5.91 Å². The summed E-state index contributed by atoms with van der Waals surface area (Å²) < 4.78 is 0. The smallest absolute Gasteiger partial charge is 0.248 e. The van der Waals surface area contributed by atoms with Crippen LogP contribution < -0.4 is 10.6 Å². The van der Waals surface area contributed by atoms with Crippen molar-refractivity contribution in [3.8, 4) is 0 Å². The average Bonchev–Trinajstić information content (AvgIpc) is 2.26. The summed E-state index contributed by atoms with van der Waals surface area (Å²) in [5.41, 5.74) is 0.567. The number of aliphatic hydroxyl groups excluding tert-OH is 1. The van der Waals surface area contributed by atoms with Gasteiger partial charge in [-0.2, -0.15) is 0 Å². The molecule has 1 unspecified atom stereocenters. The van der Waals surface area contributed by atoms with Gasteiger partial charge in [0.2, 0.25) is 5.91 Å². The summed E-state index contributed by atoms with van der Waals surface area (Å²) in [5, 5.41) is 14.4. The third kappa shape index (κ3) is 1.94. The highest BCUT2D eigenvalue weighted by atomic mass is 16.3. The van der Waals surface area contributed by atoms with Crippen LogP contribution in [0.15, 0.2) is 11.8 Å². The van der Waals surface area contributed by atoms with Crippen LogP contribution in [0.5, 0.6) is 0 Å². The Morgan fingerprint density at radius 3 is 3.00 bits per heavy atom. The van der Waals surface area contributed by atoms with Crippen molar-refractivity contribution in [2.75, 3.05) is 6.54 Å². The molecule has 0 spiro atoms. The van der Waals surface area contributed by atoms with Crippen molar-refractivity contribution >= 4 is 5.91 Å². The molecular weight excluding hydrogens is 144 g/mol. The van der Waals surface area contributed by atoms with Crippen LogP contribution >= 0.6 is 0 Å². The molecule has 62 valence electrons. The molecule has 4 nitrogen and oxygen atoms in total. The molecule has 1 amide bonds. The van der Waals surface area contributed by atoms with E-state index in [1.54, 1.807) is 0 Å². The Bertz CT molecular complexity index is 189. The molecule has 1 heterocycles. The van der Waals surface area contributed by atoms with Gasteiger partial charge >= 0.3 is 0 Å². The zero-order valence-electron chi connectivity index (χ0n) is 6.42. The Hall–Kier alpha value is -1.03. The molecule has 1 aliphatic rings. The van der Waals surface area contributed by atoms with Crippen molar-refractivity contribution in [3.05, 3.63) is 11.8 Å². The Kier molecular flexibility index (Phi) is 2.48. The van der Waals surface area contributed by atoms with Crippen LogP contribution in [0.4, 0.5) is 0 Å². The van der Waals surface area contributed by atoms with E-state index in [2.05, 4.69) is 10.6 Å². The highest BCUT2D eigenvalue weighted by Crippen LogP contribution is 2.02. The average molecular weight is 156 g/mol. The molecule has 1 atom stereocenters. The van der Waals surface area contributed by atoms with E-state index in [1.807, 2.05) is 6.92 Å². The minimum absolute atomic E-state index is 0.240. The highest BCUT2D eigenvalue weighted by molar-refractivity contribution is 5.91. The lowest BCUT2D eigenvalue weighted by molar-refractivity contribution is -0.117. The number of carbonyl (C=O) groups excluding carboxylic acids is 1. The second-order valence-electron chi connectivity index (χ2n) is 2.44. The summed E-state index contributed by atoms with van der Waals surface area (Å²) in [5.74, 6) is -0.240. The maximum Gasteiger partial charge on any atom is 0.248 e. The molecule has 0 aromatic rings. The van der Waals surface area contributed by atoms with Gasteiger partial charge in [-0.15, -0.1) is 0 Å². The van der Waals surface area contributed by atoms with Gasteiger partial charge in [-0.05, 0) is 6.42 Å². The number of hydrogen-bond donors (Lipinski definition) is 3. The van der Waals surface area contributed by atoms with Crippen molar-refractivity contribution in [2.24, 2.45) is 0 Å². The van der Waals surface area contributed by atoms with Crippen LogP contribution in [0.1, 0.15) is 13.3 Å². The van der Waals surface area contributed by atoms with Crippen molar-refractivity contribution in [1.29, 1.82) is 0 Å². The molecule has 3 N–H and O–H groups in total. The van der Waals surface area contributed by atoms with E-state index in [4.69, 9.17) is 5.11 Å². The fourth-order valence-electron chi connectivity index (χ4n) is 0.891. The molecule has 0 aromatic carbocycles. The van der Waals surface area contributed by atoms with E-state index in [1.165, 1.54) is 6.08 Å². The van der Waals surface area contributed by atoms with Gasteiger partial charge in [0, 0.05) is 12.6 Å². The monoisotopic (exact) mass is 156 g/mol. The summed E-state index contributed by atoms with van der Waals surface area (Å²) in [4.78, 5) is 10.6. The second kappa shape index (κ2) is 3.39. The lowest BCUT2D eigenvalue weighted by atomic mass is 10.4. The molecule has 1 rings (SSSR count). The van der Waals surface area contributed by atoms with Crippen LogP contribution in [-0.4, -0.2) is 23.8 Å². The molecule has 0 fully saturated rings. The standard InChI is InChI=1S/C7H12N2O2/c1-2-3-8-5-4-6(10)9-7(5)11/h4,7-8,11H,2-3H2,1H3,(H,9,10). The van der Waals surface area contributed by atoms with Gasteiger partial charge in [0.25, 0.3) is 0 Å². The molecule has 0 bridgehead atoms. The maximum atomic E-state index is 10.6. The van der Waals surface area contributed by atoms with Crippen molar-refractivity contribution in [2.45, 2.75) is 19.6 Å². The first-order chi connectivity index (χ1) is 5.24. The van der Waals surface area contributed by atoms with Crippen LogP contribution in [-0.2, 0) is 4.79 Å². The zero-order valence-corrected chi connectivity index (χ0v) is 6.42. The largest absolute Gasteiger partial charge is 0.385 e. The van der Waals surface area contributed by atoms with E-state index < -0.39 is 6.23 Å². The SMILES string of the molecule is CCCNC1=CC(=O)NC1O. The predicted octanol–water partition coefficient (Wildman–Crippen LogP) is -0.682. The van der Waals surface area contributed by atoms with Gasteiger partial charge in [-0.25, -0.2) is 0 Å². The number of hydrogen-bond acceptors (Lipinski definition) is 3. The number of nitrogens with one attached hydrogen (secondary N) is 2. The number of amides is 1. The molecule has 0 aromatic heterocycles. The number of carbonyl (C=O) groups is 1. The first-order valence-corrected chi connectivity index (χ1v) is 3.68. The van der Waals surface area contributed by atoms with E-state index in [9.17, 15) is 4.79 Å². The molecule has 4 heteroatoms. The minimum atomic E-state index is -0.839. The molecule has 0 saturated carbocycles. The molecule has 11 heavy (non-hydrogen) atoms. The van der Waals surface area contributed by atoms with Gasteiger partial charge in [-0.3, -0.25) is 4.79 Å². The van der Waals surface area contributed by atoms with E-state index in [0.717, 1.165) is 13.0 Å². The first kappa shape index (κ1) is 8.07. The van der Waals surface area contributed by atoms with Gasteiger partial charge < -0.3 is 15.7 Å². The number of rotatable bonds is 3. The number of aliphatic hydroxyl groups is 1. The van der Waals surface area contributed by atoms with Crippen LogP contribution in [0.2, 0.25) is 0 Å². The van der Waals surface area contributed by atoms with Crippen LogP contribution in [0, 0.1) is 0 Å². The summed E-state index contributed by atoms with van der Waals surface area (Å²) in [7, 11) is 0. The Morgan fingerprint density at radius 2 is 2.55 bits per heavy atom. The van der Waals surface area contributed by atoms with Crippen molar-refractivity contribution < 1.29 is 9.90 Å². The van der Waals surface area contributed by atoms with Gasteiger partial charge in [0.1, 0.15) is 0 Å². The molecule has 0 aliphatic carbocycles. The van der Waals surface area contributed by atoms with Crippen molar-refractivity contribution in [1.82, 2.24) is 10.6 Å². The molecule has 0 saturated heterocycles. The van der Waals surface area contributed by atoms with Crippen LogP contribution in [0.25, 0.3) is 0 Å². The Morgan fingerprint density at radius 1 is 1.82 bits per heavy atom. The topological polar surface area (TPSA) is 61.4 Å². The molecule has 0 radical (unpaired) electrons. The molecular formula is C7H12N2O2. The zero-order chi connectivity index (χ0) is 8.27. The Balaban J connectivity index is 2.43. The molecule has 1 aliphatic heterocycles. The van der Waals surface area contributed by atoms with E-state index >= 15 is 0 Å². The maximum absolute atomic E-state index is 10.6.